The first-order valence-corrected chi connectivity index (χ1v) is 6.71. The van der Waals surface area contributed by atoms with Gasteiger partial charge in [-0.05, 0) is 35.9 Å². The highest BCUT2D eigenvalue weighted by Crippen LogP contribution is 2.29. The fourth-order valence-electron chi connectivity index (χ4n) is 2.41. The Morgan fingerprint density at radius 2 is 1.74 bits per heavy atom. The van der Waals surface area contributed by atoms with Crippen molar-refractivity contribution in [2.75, 3.05) is 5.32 Å². The van der Waals surface area contributed by atoms with Crippen molar-refractivity contribution in [1.82, 2.24) is 5.06 Å². The molecule has 2 aromatic carbocycles. The van der Waals surface area contributed by atoms with Gasteiger partial charge in [0.15, 0.2) is 0 Å². The third kappa shape index (κ3) is 2.58. The van der Waals surface area contributed by atoms with Gasteiger partial charge in [0.2, 0.25) is 5.91 Å². The van der Waals surface area contributed by atoms with Crippen LogP contribution in [-0.2, 0) is 9.59 Å². The Morgan fingerprint density at radius 1 is 1.09 bits per heavy atom. The standard InChI is InChI=1S/C16H11FN2O4/c17-9-5-7-10(8-6-9)18-14(20)13-11-3-1-2-4-12(11)15(21)19(23)16(13)22/h1-8,13,23H,(H,18,20). The van der Waals surface area contributed by atoms with Crippen LogP contribution in [0, 0.1) is 5.82 Å². The number of amides is 3. The number of hydrogen-bond acceptors (Lipinski definition) is 4. The number of halogens is 1. The van der Waals surface area contributed by atoms with E-state index in [2.05, 4.69) is 5.32 Å². The maximum Gasteiger partial charge on any atom is 0.284 e. The SMILES string of the molecule is O=C(Nc1ccc(F)cc1)C1C(=O)N(O)C(=O)c2ccccc21. The minimum absolute atomic E-state index is 0.0583. The normalized spacial score (nSPS) is 17.0. The van der Waals surface area contributed by atoms with Crippen LogP contribution in [0.25, 0.3) is 0 Å². The number of carbonyl (C=O) groups is 3. The Hall–Kier alpha value is -3.06. The summed E-state index contributed by atoms with van der Waals surface area (Å²) in [4.78, 5) is 36.4. The van der Waals surface area contributed by atoms with Crippen molar-refractivity contribution >= 4 is 23.4 Å². The molecule has 23 heavy (non-hydrogen) atoms. The minimum atomic E-state index is -1.36. The molecule has 7 heteroatoms. The monoisotopic (exact) mass is 314 g/mol. The van der Waals surface area contributed by atoms with E-state index in [4.69, 9.17) is 0 Å². The van der Waals surface area contributed by atoms with E-state index < -0.39 is 29.5 Å². The Balaban J connectivity index is 1.96. The van der Waals surface area contributed by atoms with E-state index in [-0.39, 0.29) is 16.2 Å². The minimum Gasteiger partial charge on any atom is -0.325 e. The van der Waals surface area contributed by atoms with Crippen LogP contribution < -0.4 is 5.32 Å². The molecule has 3 amide bonds. The van der Waals surface area contributed by atoms with Crippen molar-refractivity contribution in [2.24, 2.45) is 0 Å². The second kappa shape index (κ2) is 5.62. The van der Waals surface area contributed by atoms with Gasteiger partial charge in [-0.3, -0.25) is 19.6 Å². The number of anilines is 1. The third-order valence-corrected chi connectivity index (χ3v) is 3.52. The second-order valence-electron chi connectivity index (χ2n) is 4.97. The number of hydroxylamine groups is 2. The number of fused-ring (bicyclic) bond motifs is 1. The molecular formula is C16H11FN2O4. The number of rotatable bonds is 2. The highest BCUT2D eigenvalue weighted by Gasteiger charge is 2.42. The van der Waals surface area contributed by atoms with Crippen LogP contribution in [0.3, 0.4) is 0 Å². The van der Waals surface area contributed by atoms with Crippen molar-refractivity contribution in [3.05, 3.63) is 65.5 Å². The van der Waals surface area contributed by atoms with Gasteiger partial charge in [-0.1, -0.05) is 18.2 Å². The highest BCUT2D eigenvalue weighted by molar-refractivity contribution is 6.20. The lowest BCUT2D eigenvalue weighted by molar-refractivity contribution is -0.158. The van der Waals surface area contributed by atoms with Crippen molar-refractivity contribution < 1.29 is 24.0 Å². The lowest BCUT2D eigenvalue weighted by Crippen LogP contribution is -2.46. The predicted octanol–water partition coefficient (Wildman–Crippen LogP) is 1.92. The highest BCUT2D eigenvalue weighted by atomic mass is 19.1. The van der Waals surface area contributed by atoms with Gasteiger partial charge in [0.05, 0.1) is 0 Å². The topological polar surface area (TPSA) is 86.7 Å². The molecule has 3 rings (SSSR count). The zero-order valence-electron chi connectivity index (χ0n) is 11.7. The van der Waals surface area contributed by atoms with Gasteiger partial charge < -0.3 is 5.32 Å². The van der Waals surface area contributed by atoms with Crippen LogP contribution in [0.2, 0.25) is 0 Å². The molecule has 116 valence electrons. The number of nitrogens with zero attached hydrogens (tertiary/aromatic N) is 1. The molecule has 2 aromatic rings. The van der Waals surface area contributed by atoms with E-state index in [1.807, 2.05) is 0 Å². The van der Waals surface area contributed by atoms with Crippen LogP contribution in [0.15, 0.2) is 48.5 Å². The number of imide groups is 1. The Kier molecular flexibility index (Phi) is 3.63. The van der Waals surface area contributed by atoms with Crippen LogP contribution in [0.1, 0.15) is 21.8 Å². The van der Waals surface area contributed by atoms with Gasteiger partial charge in [0.1, 0.15) is 11.7 Å². The molecule has 0 radical (unpaired) electrons. The zero-order valence-corrected chi connectivity index (χ0v) is 11.7. The van der Waals surface area contributed by atoms with Crippen LogP contribution in [0.4, 0.5) is 10.1 Å². The molecule has 0 saturated carbocycles. The first-order valence-electron chi connectivity index (χ1n) is 6.71. The van der Waals surface area contributed by atoms with Gasteiger partial charge >= 0.3 is 0 Å². The molecular weight excluding hydrogens is 303 g/mol. The molecule has 0 aromatic heterocycles. The molecule has 0 spiro atoms. The molecule has 2 N–H and O–H groups in total. The summed E-state index contributed by atoms with van der Waals surface area (Å²) in [5.41, 5.74) is 0.587. The summed E-state index contributed by atoms with van der Waals surface area (Å²) < 4.78 is 12.9. The summed E-state index contributed by atoms with van der Waals surface area (Å²) in [6.07, 6.45) is 0. The van der Waals surface area contributed by atoms with Crippen LogP contribution >= 0.6 is 0 Å². The van der Waals surface area contributed by atoms with Gasteiger partial charge in [0, 0.05) is 11.3 Å². The smallest absolute Gasteiger partial charge is 0.284 e. The van der Waals surface area contributed by atoms with E-state index in [0.29, 0.717) is 5.69 Å². The molecule has 0 fully saturated rings. The summed E-state index contributed by atoms with van der Waals surface area (Å²) >= 11 is 0. The van der Waals surface area contributed by atoms with E-state index in [0.717, 1.165) is 12.1 Å². The van der Waals surface area contributed by atoms with Gasteiger partial charge in [0.25, 0.3) is 11.8 Å². The predicted molar refractivity (Wildman–Crippen MR) is 77.2 cm³/mol. The van der Waals surface area contributed by atoms with Crippen molar-refractivity contribution in [3.8, 4) is 0 Å². The Morgan fingerprint density at radius 3 is 2.43 bits per heavy atom. The number of carbonyl (C=O) groups excluding carboxylic acids is 3. The molecule has 1 heterocycles. The Bertz CT molecular complexity index is 804. The average Bonchev–Trinajstić information content (AvgIpc) is 2.55. The third-order valence-electron chi connectivity index (χ3n) is 3.52. The molecule has 6 nitrogen and oxygen atoms in total. The summed E-state index contributed by atoms with van der Waals surface area (Å²) in [5, 5.41) is 12.0. The van der Waals surface area contributed by atoms with Gasteiger partial charge in [-0.15, -0.1) is 0 Å². The quantitative estimate of drug-likeness (QED) is 0.504. The summed E-state index contributed by atoms with van der Waals surface area (Å²) in [7, 11) is 0. The van der Waals surface area contributed by atoms with Crippen molar-refractivity contribution in [3.63, 3.8) is 0 Å². The lowest BCUT2D eigenvalue weighted by Gasteiger charge is -2.27. The number of hydrogen-bond donors (Lipinski definition) is 2. The van der Waals surface area contributed by atoms with E-state index in [1.165, 1.54) is 24.3 Å². The fraction of sp³-hybridized carbons (Fsp3) is 0.0625. The lowest BCUT2D eigenvalue weighted by atomic mass is 9.88. The summed E-state index contributed by atoms with van der Waals surface area (Å²) in [5.74, 6) is -4.46. The fourth-order valence-corrected chi connectivity index (χ4v) is 2.41. The van der Waals surface area contributed by atoms with Crippen LogP contribution in [0.5, 0.6) is 0 Å². The van der Waals surface area contributed by atoms with E-state index in [9.17, 15) is 24.0 Å². The molecule has 1 aliphatic heterocycles. The first kappa shape index (κ1) is 14.9. The second-order valence-corrected chi connectivity index (χ2v) is 4.97. The molecule has 1 atom stereocenters. The summed E-state index contributed by atoms with van der Waals surface area (Å²) in [6.45, 7) is 0. The van der Waals surface area contributed by atoms with Crippen molar-refractivity contribution in [2.45, 2.75) is 5.92 Å². The Labute approximate surface area is 130 Å². The van der Waals surface area contributed by atoms with Gasteiger partial charge in [-0.25, -0.2) is 4.39 Å². The largest absolute Gasteiger partial charge is 0.325 e. The molecule has 1 unspecified atom stereocenters. The molecule has 0 aliphatic carbocycles. The van der Waals surface area contributed by atoms with E-state index in [1.54, 1.807) is 12.1 Å². The zero-order chi connectivity index (χ0) is 16.6. The van der Waals surface area contributed by atoms with Crippen molar-refractivity contribution in [1.29, 1.82) is 0 Å². The number of nitrogens with one attached hydrogen (secondary N) is 1. The maximum atomic E-state index is 12.9. The average molecular weight is 314 g/mol. The summed E-state index contributed by atoms with van der Waals surface area (Å²) in [6, 6.07) is 11.1. The molecule has 0 bridgehead atoms. The number of benzene rings is 2. The maximum absolute atomic E-state index is 12.9. The molecule has 0 saturated heterocycles. The van der Waals surface area contributed by atoms with Crippen LogP contribution in [-0.4, -0.2) is 28.0 Å². The molecule has 1 aliphatic rings. The van der Waals surface area contributed by atoms with E-state index >= 15 is 0 Å². The first-order chi connectivity index (χ1) is 11.0. The van der Waals surface area contributed by atoms with Gasteiger partial charge in [-0.2, -0.15) is 5.06 Å².